The number of fused-ring (bicyclic) bond motifs is 1. The molecule has 0 saturated heterocycles. The van der Waals surface area contributed by atoms with Crippen LogP contribution < -0.4 is 21.0 Å². The summed E-state index contributed by atoms with van der Waals surface area (Å²) in [4.78, 5) is 39.1. The van der Waals surface area contributed by atoms with Gasteiger partial charge in [0.25, 0.3) is 5.91 Å². The summed E-state index contributed by atoms with van der Waals surface area (Å²) in [6.45, 7) is 0. The summed E-state index contributed by atoms with van der Waals surface area (Å²) in [7, 11) is 0. The van der Waals surface area contributed by atoms with Gasteiger partial charge in [-0.25, -0.2) is 19.1 Å². The largest absolute Gasteiger partial charge is 0.327 e. The van der Waals surface area contributed by atoms with Gasteiger partial charge in [-0.3, -0.25) is 19.7 Å². The molecule has 1 atom stereocenters. The van der Waals surface area contributed by atoms with E-state index in [1.165, 1.54) is 40.7 Å². The van der Waals surface area contributed by atoms with Gasteiger partial charge in [0.05, 0.1) is 11.4 Å². The summed E-state index contributed by atoms with van der Waals surface area (Å²) in [6, 6.07) is 14.1. The van der Waals surface area contributed by atoms with Gasteiger partial charge >= 0.3 is 6.03 Å². The average Bonchev–Trinajstić information content (AvgIpc) is 2.81. The molecule has 0 fully saturated rings. The molecule has 33 heavy (non-hydrogen) atoms. The first-order chi connectivity index (χ1) is 15.9. The second-order valence-electron chi connectivity index (χ2n) is 7.30. The standard InChI is InChI=1S/C23H18F2N4O4/c24-16-9-8-13(10-17(16)25)11-20-22(31)27-18-6-1-2-7-19(18)29(20)23(32)26-15-5-3-4-14(12-15)21(30)28-33/h1-10,12,20,33H,11H2,(H,26,32)(H,27,31)(H,28,30). The Bertz CT molecular complexity index is 1250. The molecule has 0 aliphatic carbocycles. The smallest absolute Gasteiger partial charge is 0.322 e. The number of nitrogens with one attached hydrogen (secondary N) is 3. The minimum Gasteiger partial charge on any atom is -0.322 e. The van der Waals surface area contributed by atoms with E-state index in [0.29, 0.717) is 16.9 Å². The molecule has 1 unspecified atom stereocenters. The zero-order valence-corrected chi connectivity index (χ0v) is 17.0. The van der Waals surface area contributed by atoms with Gasteiger partial charge in [-0.05, 0) is 48.0 Å². The van der Waals surface area contributed by atoms with E-state index in [-0.39, 0.29) is 17.7 Å². The number of rotatable bonds is 4. The van der Waals surface area contributed by atoms with Crippen LogP contribution in [0.1, 0.15) is 15.9 Å². The Morgan fingerprint density at radius 1 is 1.00 bits per heavy atom. The van der Waals surface area contributed by atoms with Crippen molar-refractivity contribution in [2.24, 2.45) is 0 Å². The summed E-state index contributed by atoms with van der Waals surface area (Å²) in [5.74, 6) is -3.33. The number of halogens is 2. The van der Waals surface area contributed by atoms with E-state index >= 15 is 0 Å². The molecule has 4 N–H and O–H groups in total. The van der Waals surface area contributed by atoms with Gasteiger partial charge in [-0.1, -0.05) is 24.3 Å². The van der Waals surface area contributed by atoms with Crippen LogP contribution in [0.25, 0.3) is 0 Å². The lowest BCUT2D eigenvalue weighted by atomic mass is 10.00. The monoisotopic (exact) mass is 452 g/mol. The van der Waals surface area contributed by atoms with Crippen molar-refractivity contribution < 1.29 is 28.4 Å². The lowest BCUT2D eigenvalue weighted by molar-refractivity contribution is -0.117. The number of urea groups is 1. The molecule has 0 bridgehead atoms. The van der Waals surface area contributed by atoms with E-state index in [1.54, 1.807) is 24.3 Å². The number of hydrogen-bond donors (Lipinski definition) is 4. The molecule has 1 aliphatic rings. The van der Waals surface area contributed by atoms with Gasteiger partial charge in [0.2, 0.25) is 5.91 Å². The van der Waals surface area contributed by atoms with Crippen LogP contribution in [0.15, 0.2) is 66.7 Å². The molecule has 10 heteroatoms. The lowest BCUT2D eigenvalue weighted by Gasteiger charge is -2.36. The molecule has 4 rings (SSSR count). The van der Waals surface area contributed by atoms with Crippen LogP contribution in [0.3, 0.4) is 0 Å². The van der Waals surface area contributed by atoms with Crippen LogP contribution in [0, 0.1) is 11.6 Å². The van der Waals surface area contributed by atoms with Gasteiger partial charge in [0.1, 0.15) is 6.04 Å². The maximum Gasteiger partial charge on any atom is 0.327 e. The Labute approximate surface area is 186 Å². The van der Waals surface area contributed by atoms with Crippen LogP contribution in [0.2, 0.25) is 0 Å². The van der Waals surface area contributed by atoms with Crippen molar-refractivity contribution in [1.82, 2.24) is 5.48 Å². The highest BCUT2D eigenvalue weighted by Gasteiger charge is 2.37. The van der Waals surface area contributed by atoms with E-state index in [9.17, 15) is 23.2 Å². The van der Waals surface area contributed by atoms with Crippen LogP contribution >= 0.6 is 0 Å². The molecule has 8 nitrogen and oxygen atoms in total. The van der Waals surface area contributed by atoms with Crippen molar-refractivity contribution >= 4 is 34.9 Å². The highest BCUT2D eigenvalue weighted by Crippen LogP contribution is 2.33. The Kier molecular flexibility index (Phi) is 6.01. The molecule has 168 valence electrons. The lowest BCUT2D eigenvalue weighted by Crippen LogP contribution is -2.53. The van der Waals surface area contributed by atoms with Crippen LogP contribution in [-0.4, -0.2) is 29.1 Å². The Morgan fingerprint density at radius 3 is 2.55 bits per heavy atom. The van der Waals surface area contributed by atoms with E-state index < -0.39 is 35.5 Å². The Balaban J connectivity index is 1.68. The summed E-state index contributed by atoms with van der Waals surface area (Å²) < 4.78 is 27.1. The van der Waals surface area contributed by atoms with Gasteiger partial charge in [0.15, 0.2) is 11.6 Å². The highest BCUT2D eigenvalue weighted by atomic mass is 19.2. The Morgan fingerprint density at radius 2 is 1.79 bits per heavy atom. The molecule has 4 amide bonds. The molecule has 3 aromatic rings. The van der Waals surface area contributed by atoms with Gasteiger partial charge in [0, 0.05) is 17.7 Å². The van der Waals surface area contributed by atoms with E-state index in [2.05, 4.69) is 10.6 Å². The molecule has 0 saturated carbocycles. The fourth-order valence-electron chi connectivity index (χ4n) is 3.60. The predicted molar refractivity (Wildman–Crippen MR) is 116 cm³/mol. The quantitative estimate of drug-likeness (QED) is 0.357. The summed E-state index contributed by atoms with van der Waals surface area (Å²) in [5, 5.41) is 14.2. The van der Waals surface area contributed by atoms with E-state index in [1.807, 2.05) is 0 Å². The first kappa shape index (κ1) is 21.9. The number of amides is 4. The van der Waals surface area contributed by atoms with Crippen molar-refractivity contribution in [3.05, 3.63) is 89.5 Å². The summed E-state index contributed by atoms with van der Waals surface area (Å²) in [6.07, 6.45) is -0.0717. The van der Waals surface area contributed by atoms with Crippen molar-refractivity contribution in [3.8, 4) is 0 Å². The number of hydrogen-bond acceptors (Lipinski definition) is 4. The zero-order valence-electron chi connectivity index (χ0n) is 17.0. The molecule has 0 spiro atoms. The number of benzene rings is 3. The molecule has 3 aromatic carbocycles. The first-order valence-electron chi connectivity index (χ1n) is 9.86. The molecule has 1 aliphatic heterocycles. The second-order valence-corrected chi connectivity index (χ2v) is 7.30. The van der Waals surface area contributed by atoms with Gasteiger partial charge < -0.3 is 10.6 Å². The van der Waals surface area contributed by atoms with Gasteiger partial charge in [-0.15, -0.1) is 0 Å². The minimum absolute atomic E-state index is 0.0717. The SMILES string of the molecule is O=C(NO)c1cccc(NC(=O)N2c3ccccc3NC(=O)C2Cc2ccc(F)c(F)c2)c1. The topological polar surface area (TPSA) is 111 Å². The van der Waals surface area contributed by atoms with Crippen molar-refractivity contribution in [3.63, 3.8) is 0 Å². The summed E-state index contributed by atoms with van der Waals surface area (Å²) >= 11 is 0. The highest BCUT2D eigenvalue weighted by molar-refractivity contribution is 6.14. The predicted octanol–water partition coefficient (Wildman–Crippen LogP) is 3.69. The van der Waals surface area contributed by atoms with Crippen molar-refractivity contribution in [2.45, 2.75) is 12.5 Å². The number of carbonyl (C=O) groups excluding carboxylic acids is 3. The van der Waals surface area contributed by atoms with Crippen molar-refractivity contribution in [2.75, 3.05) is 15.5 Å². The summed E-state index contributed by atoms with van der Waals surface area (Å²) in [5.41, 5.74) is 3.01. The maximum atomic E-state index is 13.7. The fourth-order valence-corrected chi connectivity index (χ4v) is 3.60. The average molecular weight is 452 g/mol. The minimum atomic E-state index is -1.06. The third kappa shape index (κ3) is 4.51. The van der Waals surface area contributed by atoms with Crippen LogP contribution in [0.4, 0.5) is 30.6 Å². The first-order valence-corrected chi connectivity index (χ1v) is 9.86. The third-order valence-electron chi connectivity index (χ3n) is 5.15. The molecule has 1 heterocycles. The second kappa shape index (κ2) is 9.05. The molecular formula is C23H18F2N4O4. The molecular weight excluding hydrogens is 434 g/mol. The third-order valence-corrected chi connectivity index (χ3v) is 5.15. The van der Waals surface area contributed by atoms with E-state index in [0.717, 1.165) is 12.1 Å². The molecule has 0 aromatic heterocycles. The van der Waals surface area contributed by atoms with Crippen LogP contribution in [0.5, 0.6) is 0 Å². The number of anilines is 3. The number of para-hydroxylation sites is 2. The fraction of sp³-hybridized carbons (Fsp3) is 0.0870. The number of carbonyl (C=O) groups is 3. The Hall–Kier alpha value is -4.31. The van der Waals surface area contributed by atoms with Gasteiger partial charge in [-0.2, -0.15) is 0 Å². The zero-order chi connectivity index (χ0) is 23.5. The maximum absolute atomic E-state index is 13.7. The normalized spacial score (nSPS) is 14.8. The number of hydroxylamine groups is 1. The molecule has 0 radical (unpaired) electrons. The van der Waals surface area contributed by atoms with Crippen LogP contribution in [-0.2, 0) is 11.2 Å². The van der Waals surface area contributed by atoms with Crippen molar-refractivity contribution in [1.29, 1.82) is 0 Å². The van der Waals surface area contributed by atoms with E-state index in [4.69, 9.17) is 5.21 Å². The number of nitrogens with zero attached hydrogens (tertiary/aromatic N) is 1.